The second-order valence-electron chi connectivity index (χ2n) is 7.03. The van der Waals surface area contributed by atoms with Gasteiger partial charge in [0, 0.05) is 0 Å². The van der Waals surface area contributed by atoms with Crippen LogP contribution in [0.2, 0.25) is 0 Å². The molecule has 29 heavy (non-hydrogen) atoms. The third-order valence-corrected chi connectivity index (χ3v) is 5.53. The Morgan fingerprint density at radius 2 is 1.55 bits per heavy atom. The van der Waals surface area contributed by atoms with Crippen LogP contribution in [0.15, 0.2) is 36.4 Å². The minimum absolute atomic E-state index is 0.190. The number of benzene rings is 2. The van der Waals surface area contributed by atoms with Crippen molar-refractivity contribution in [2.24, 2.45) is 5.73 Å². The summed E-state index contributed by atoms with van der Waals surface area (Å²) in [6.45, 7) is 0.314. The van der Waals surface area contributed by atoms with E-state index in [4.69, 9.17) is 5.73 Å². The molecule has 0 spiro atoms. The number of aryl methyl sites for hydroxylation is 2. The van der Waals surface area contributed by atoms with E-state index >= 15 is 0 Å². The van der Waals surface area contributed by atoms with Crippen molar-refractivity contribution in [3.8, 4) is 0 Å². The second kappa shape index (κ2) is 7.10. The molecule has 1 aromatic heterocycles. The van der Waals surface area contributed by atoms with Gasteiger partial charge in [0.2, 0.25) is 0 Å². The lowest BCUT2D eigenvalue weighted by Crippen LogP contribution is -2.35. The van der Waals surface area contributed by atoms with Crippen molar-refractivity contribution >= 4 is 11.9 Å². The number of carbonyl (C=O) groups is 2. The molecule has 0 amide bonds. The number of aromatic amines is 1. The van der Waals surface area contributed by atoms with Crippen molar-refractivity contribution in [1.82, 2.24) is 20.6 Å². The van der Waals surface area contributed by atoms with Crippen LogP contribution >= 0.6 is 0 Å². The molecule has 0 unspecified atom stereocenters. The Hall–Kier alpha value is -3.59. The smallest absolute Gasteiger partial charge is 0.335 e. The van der Waals surface area contributed by atoms with Crippen LogP contribution in [-0.4, -0.2) is 49.3 Å². The van der Waals surface area contributed by atoms with Gasteiger partial charge in [0.1, 0.15) is 0 Å². The molecule has 0 saturated carbocycles. The number of nitrogens with zero attached hydrogens (tertiary/aromatic N) is 3. The largest absolute Gasteiger partial charge is 0.478 e. The van der Waals surface area contributed by atoms with Crippen molar-refractivity contribution < 1.29 is 19.8 Å². The van der Waals surface area contributed by atoms with Crippen molar-refractivity contribution in [3.05, 3.63) is 75.6 Å². The van der Waals surface area contributed by atoms with E-state index in [0.29, 0.717) is 31.6 Å². The Morgan fingerprint density at radius 1 is 1.00 bits per heavy atom. The van der Waals surface area contributed by atoms with Gasteiger partial charge in [0.05, 0.1) is 16.5 Å². The molecule has 0 bridgehead atoms. The zero-order valence-electron chi connectivity index (χ0n) is 15.4. The summed E-state index contributed by atoms with van der Waals surface area (Å²) < 4.78 is 0. The number of aromatic carboxylic acids is 2. The SMILES string of the molecule is NCCC1(c2nn[nH]n2)c2ccc(C(=O)O)cc2CCc2cc(C(=O)O)ccc21. The number of aromatic nitrogens is 4. The van der Waals surface area contributed by atoms with Crippen molar-refractivity contribution in [2.75, 3.05) is 6.54 Å². The van der Waals surface area contributed by atoms with Crippen LogP contribution in [0.25, 0.3) is 0 Å². The van der Waals surface area contributed by atoms with Crippen LogP contribution < -0.4 is 5.73 Å². The van der Waals surface area contributed by atoms with E-state index in [1.54, 1.807) is 36.4 Å². The first-order valence-corrected chi connectivity index (χ1v) is 9.14. The molecule has 0 atom stereocenters. The predicted molar refractivity (Wildman–Crippen MR) is 102 cm³/mol. The maximum Gasteiger partial charge on any atom is 0.335 e. The minimum atomic E-state index is -1.01. The van der Waals surface area contributed by atoms with Gasteiger partial charge in [-0.05, 0) is 72.3 Å². The van der Waals surface area contributed by atoms with E-state index < -0.39 is 17.4 Å². The third-order valence-electron chi connectivity index (χ3n) is 5.53. The molecule has 2 aromatic carbocycles. The molecule has 0 saturated heterocycles. The summed E-state index contributed by atoms with van der Waals surface area (Å²) in [6.07, 6.45) is 1.55. The lowest BCUT2D eigenvalue weighted by molar-refractivity contribution is 0.0686. The molecule has 9 heteroatoms. The number of nitrogens with one attached hydrogen (secondary N) is 1. The van der Waals surface area contributed by atoms with Crippen LogP contribution in [0.4, 0.5) is 0 Å². The van der Waals surface area contributed by atoms with Gasteiger partial charge in [-0.2, -0.15) is 5.21 Å². The Balaban J connectivity index is 2.05. The second-order valence-corrected chi connectivity index (χ2v) is 7.03. The van der Waals surface area contributed by atoms with E-state index in [1.165, 1.54) is 0 Å². The fourth-order valence-corrected chi connectivity index (χ4v) is 4.30. The molecule has 1 aliphatic rings. The highest BCUT2D eigenvalue weighted by Gasteiger charge is 2.44. The van der Waals surface area contributed by atoms with Crippen LogP contribution in [-0.2, 0) is 18.3 Å². The summed E-state index contributed by atoms with van der Waals surface area (Å²) >= 11 is 0. The molecule has 1 heterocycles. The zero-order chi connectivity index (χ0) is 20.6. The van der Waals surface area contributed by atoms with Gasteiger partial charge in [-0.1, -0.05) is 17.3 Å². The molecule has 3 aromatic rings. The van der Waals surface area contributed by atoms with E-state index in [-0.39, 0.29) is 11.1 Å². The lowest BCUT2D eigenvalue weighted by atomic mass is 9.69. The molecule has 0 fully saturated rings. The number of fused-ring (bicyclic) bond motifs is 2. The van der Waals surface area contributed by atoms with E-state index in [9.17, 15) is 19.8 Å². The minimum Gasteiger partial charge on any atom is -0.478 e. The summed E-state index contributed by atoms with van der Waals surface area (Å²) in [5.74, 6) is -1.60. The standard InChI is InChI=1S/C20H19N5O4/c21-8-7-20(19-22-24-25-23-19)15-5-3-13(17(26)27)9-11(15)1-2-12-10-14(18(28)29)4-6-16(12)20/h3-6,9-10H,1-2,7-8,21H2,(H,26,27)(H,28,29)(H,22,23,24,25). The van der Waals surface area contributed by atoms with Gasteiger partial charge in [0.15, 0.2) is 5.82 Å². The highest BCUT2D eigenvalue weighted by molar-refractivity contribution is 5.89. The summed E-state index contributed by atoms with van der Waals surface area (Å²) in [5.41, 5.74) is 8.92. The number of tetrazole rings is 1. The maximum atomic E-state index is 11.5. The number of hydrogen-bond acceptors (Lipinski definition) is 6. The molecule has 4 rings (SSSR count). The molecule has 0 radical (unpaired) electrons. The van der Waals surface area contributed by atoms with E-state index in [1.807, 2.05) is 0 Å². The monoisotopic (exact) mass is 393 g/mol. The molecular formula is C20H19N5O4. The van der Waals surface area contributed by atoms with Crippen LogP contribution in [0, 0.1) is 0 Å². The molecule has 5 N–H and O–H groups in total. The van der Waals surface area contributed by atoms with Gasteiger partial charge in [-0.25, -0.2) is 9.59 Å². The van der Waals surface area contributed by atoms with Crippen LogP contribution in [0.1, 0.15) is 55.2 Å². The molecular weight excluding hydrogens is 374 g/mol. The average molecular weight is 393 g/mol. The van der Waals surface area contributed by atoms with Gasteiger partial charge in [-0.15, -0.1) is 10.2 Å². The first-order chi connectivity index (χ1) is 14.0. The van der Waals surface area contributed by atoms with Crippen LogP contribution in [0.5, 0.6) is 0 Å². The van der Waals surface area contributed by atoms with Crippen molar-refractivity contribution in [1.29, 1.82) is 0 Å². The topological polar surface area (TPSA) is 155 Å². The summed E-state index contributed by atoms with van der Waals surface area (Å²) in [5, 5.41) is 33.6. The lowest BCUT2D eigenvalue weighted by Gasteiger charge is -2.33. The Kier molecular flexibility index (Phi) is 4.59. The van der Waals surface area contributed by atoms with Gasteiger partial charge < -0.3 is 15.9 Å². The summed E-state index contributed by atoms with van der Waals surface area (Å²) in [6, 6.07) is 10.0. The third kappa shape index (κ3) is 2.95. The number of carboxylic acids is 2. The maximum absolute atomic E-state index is 11.5. The van der Waals surface area contributed by atoms with Gasteiger partial charge >= 0.3 is 11.9 Å². The molecule has 0 aliphatic heterocycles. The number of carboxylic acid groups (broad SMARTS) is 2. The van der Waals surface area contributed by atoms with E-state index in [0.717, 1.165) is 22.3 Å². The average Bonchev–Trinajstić information content (AvgIpc) is 3.21. The first kappa shape index (κ1) is 18.8. The van der Waals surface area contributed by atoms with E-state index in [2.05, 4.69) is 20.6 Å². The molecule has 9 nitrogen and oxygen atoms in total. The van der Waals surface area contributed by atoms with Crippen molar-refractivity contribution in [3.63, 3.8) is 0 Å². The van der Waals surface area contributed by atoms with Crippen LogP contribution in [0.3, 0.4) is 0 Å². The summed E-state index contributed by atoms with van der Waals surface area (Å²) in [4.78, 5) is 23.0. The molecule has 1 aliphatic carbocycles. The molecule has 148 valence electrons. The normalized spacial score (nSPS) is 14.5. The number of H-pyrrole nitrogens is 1. The quantitative estimate of drug-likeness (QED) is 0.507. The van der Waals surface area contributed by atoms with Gasteiger partial charge in [-0.3, -0.25) is 0 Å². The Bertz CT molecular complexity index is 1030. The number of rotatable bonds is 5. The fraction of sp³-hybridized carbons (Fsp3) is 0.250. The highest BCUT2D eigenvalue weighted by Crippen LogP contribution is 2.45. The van der Waals surface area contributed by atoms with Crippen molar-refractivity contribution in [2.45, 2.75) is 24.7 Å². The Morgan fingerprint density at radius 3 is 1.97 bits per heavy atom. The first-order valence-electron chi connectivity index (χ1n) is 9.14. The summed E-state index contributed by atoms with van der Waals surface area (Å²) in [7, 11) is 0. The number of hydrogen-bond donors (Lipinski definition) is 4. The fourth-order valence-electron chi connectivity index (χ4n) is 4.30. The predicted octanol–water partition coefficient (Wildman–Crippen LogP) is 1.38. The van der Waals surface area contributed by atoms with Gasteiger partial charge in [0.25, 0.3) is 0 Å². The Labute approximate surface area is 165 Å². The number of nitrogens with two attached hydrogens (primary N) is 1. The zero-order valence-corrected chi connectivity index (χ0v) is 15.4. The highest BCUT2D eigenvalue weighted by atomic mass is 16.4.